The second-order valence-corrected chi connectivity index (χ2v) is 5.56. The van der Waals surface area contributed by atoms with Gasteiger partial charge in [0.15, 0.2) is 0 Å². The van der Waals surface area contributed by atoms with Crippen LogP contribution in [0.15, 0.2) is 23.0 Å². The quantitative estimate of drug-likeness (QED) is 0.788. The number of H-pyrrole nitrogens is 2. The summed E-state index contributed by atoms with van der Waals surface area (Å²) in [4.78, 5) is 19.2. The van der Waals surface area contributed by atoms with E-state index in [0.717, 1.165) is 29.8 Å². The minimum absolute atomic E-state index is 0.154. The van der Waals surface area contributed by atoms with Crippen LogP contribution in [-0.2, 0) is 0 Å². The van der Waals surface area contributed by atoms with E-state index in [4.69, 9.17) is 0 Å². The molecule has 0 spiro atoms. The Kier molecular flexibility index (Phi) is 3.06. The summed E-state index contributed by atoms with van der Waals surface area (Å²) in [6.45, 7) is 6.70. The van der Waals surface area contributed by atoms with Crippen LogP contribution in [0.5, 0.6) is 0 Å². The van der Waals surface area contributed by atoms with Crippen LogP contribution in [0.1, 0.15) is 20.3 Å². The first-order chi connectivity index (χ1) is 9.11. The molecule has 1 aromatic carbocycles. The summed E-state index contributed by atoms with van der Waals surface area (Å²) >= 11 is 0. The number of fused-ring (bicyclic) bond motifs is 1. The van der Waals surface area contributed by atoms with Crippen molar-refractivity contribution in [1.29, 1.82) is 0 Å². The van der Waals surface area contributed by atoms with Gasteiger partial charge in [-0.1, -0.05) is 0 Å². The molecule has 3 N–H and O–H groups in total. The van der Waals surface area contributed by atoms with Crippen LogP contribution in [0.2, 0.25) is 0 Å². The molecular weight excluding hydrogens is 240 g/mol. The predicted molar refractivity (Wildman–Crippen MR) is 77.7 cm³/mol. The van der Waals surface area contributed by atoms with E-state index < -0.39 is 0 Å². The Labute approximate surface area is 112 Å². The van der Waals surface area contributed by atoms with Gasteiger partial charge in [0.1, 0.15) is 0 Å². The molecule has 1 atom stereocenters. The Morgan fingerprint density at radius 1 is 1.32 bits per heavy atom. The zero-order chi connectivity index (χ0) is 13.4. The largest absolute Gasteiger partial charge is 0.381 e. The SMILES string of the molecule is CC(C)N1CCC(Nc2ccc3[nH]c(=O)[nH]c3c2)C1. The van der Waals surface area contributed by atoms with Crippen molar-refractivity contribution in [2.45, 2.75) is 32.4 Å². The normalized spacial score (nSPS) is 20.5. The van der Waals surface area contributed by atoms with E-state index in [0.29, 0.717) is 12.1 Å². The number of imidazole rings is 1. The summed E-state index contributed by atoms with van der Waals surface area (Å²) in [5.74, 6) is 0. The van der Waals surface area contributed by atoms with Gasteiger partial charge < -0.3 is 15.3 Å². The topological polar surface area (TPSA) is 63.9 Å². The van der Waals surface area contributed by atoms with Crippen LogP contribution in [0.4, 0.5) is 5.69 Å². The minimum atomic E-state index is -0.154. The molecule has 1 saturated heterocycles. The van der Waals surface area contributed by atoms with Crippen molar-refractivity contribution in [3.8, 4) is 0 Å². The summed E-state index contributed by atoms with van der Waals surface area (Å²) < 4.78 is 0. The third-order valence-corrected chi connectivity index (χ3v) is 3.84. The molecule has 2 aromatic rings. The van der Waals surface area contributed by atoms with Gasteiger partial charge in [0.25, 0.3) is 0 Å². The molecule has 2 heterocycles. The second kappa shape index (κ2) is 4.74. The van der Waals surface area contributed by atoms with Gasteiger partial charge in [0, 0.05) is 30.9 Å². The smallest absolute Gasteiger partial charge is 0.323 e. The summed E-state index contributed by atoms with van der Waals surface area (Å²) in [5.41, 5.74) is 2.62. The molecule has 0 saturated carbocycles. The van der Waals surface area contributed by atoms with Crippen molar-refractivity contribution in [1.82, 2.24) is 14.9 Å². The molecule has 102 valence electrons. The molecule has 0 bridgehead atoms. The maximum absolute atomic E-state index is 11.2. The van der Waals surface area contributed by atoms with Crippen molar-refractivity contribution in [3.05, 3.63) is 28.7 Å². The first-order valence-corrected chi connectivity index (χ1v) is 6.84. The van der Waals surface area contributed by atoms with Crippen LogP contribution < -0.4 is 11.0 Å². The fraction of sp³-hybridized carbons (Fsp3) is 0.500. The summed E-state index contributed by atoms with van der Waals surface area (Å²) in [6, 6.07) is 7.04. The van der Waals surface area contributed by atoms with E-state index in [1.165, 1.54) is 6.42 Å². The van der Waals surface area contributed by atoms with E-state index in [2.05, 4.69) is 34.0 Å². The van der Waals surface area contributed by atoms with Crippen LogP contribution in [0.25, 0.3) is 11.0 Å². The zero-order valence-corrected chi connectivity index (χ0v) is 11.4. The Morgan fingerprint density at radius 3 is 2.84 bits per heavy atom. The molecule has 0 aliphatic carbocycles. The summed E-state index contributed by atoms with van der Waals surface area (Å²) in [7, 11) is 0. The molecule has 1 aromatic heterocycles. The van der Waals surface area contributed by atoms with Crippen molar-refractivity contribution >= 4 is 16.7 Å². The average molecular weight is 260 g/mol. The molecule has 0 radical (unpaired) electrons. The third kappa shape index (κ3) is 2.51. The van der Waals surface area contributed by atoms with Gasteiger partial charge in [-0.15, -0.1) is 0 Å². The minimum Gasteiger partial charge on any atom is -0.381 e. The molecule has 1 unspecified atom stereocenters. The van der Waals surface area contributed by atoms with Gasteiger partial charge >= 0.3 is 5.69 Å². The molecule has 1 fully saturated rings. The number of anilines is 1. The van der Waals surface area contributed by atoms with Crippen molar-refractivity contribution in [2.75, 3.05) is 18.4 Å². The number of nitrogens with one attached hydrogen (secondary N) is 3. The number of aromatic amines is 2. The standard InChI is InChI=1S/C14H20N4O/c1-9(2)18-6-5-11(8-18)15-10-3-4-12-13(7-10)17-14(19)16-12/h3-4,7,9,11,15H,5-6,8H2,1-2H3,(H2,16,17,19). The summed E-state index contributed by atoms with van der Waals surface area (Å²) in [6.07, 6.45) is 1.17. The number of hydrogen-bond donors (Lipinski definition) is 3. The molecule has 1 aliphatic rings. The lowest BCUT2D eigenvalue weighted by atomic mass is 10.2. The highest BCUT2D eigenvalue weighted by Crippen LogP contribution is 2.20. The van der Waals surface area contributed by atoms with E-state index in [9.17, 15) is 4.79 Å². The van der Waals surface area contributed by atoms with Crippen LogP contribution in [0.3, 0.4) is 0 Å². The fourth-order valence-electron chi connectivity index (χ4n) is 2.73. The van der Waals surface area contributed by atoms with E-state index in [-0.39, 0.29) is 5.69 Å². The predicted octanol–water partition coefficient (Wildman–Crippen LogP) is 1.75. The van der Waals surface area contributed by atoms with Crippen molar-refractivity contribution in [3.63, 3.8) is 0 Å². The first kappa shape index (κ1) is 12.3. The molecule has 5 nitrogen and oxygen atoms in total. The first-order valence-electron chi connectivity index (χ1n) is 6.84. The number of benzene rings is 1. The maximum Gasteiger partial charge on any atom is 0.323 e. The third-order valence-electron chi connectivity index (χ3n) is 3.84. The highest BCUT2D eigenvalue weighted by molar-refractivity contribution is 5.78. The lowest BCUT2D eigenvalue weighted by molar-refractivity contribution is 0.274. The van der Waals surface area contributed by atoms with Gasteiger partial charge in [0.05, 0.1) is 11.0 Å². The Hall–Kier alpha value is -1.75. The highest BCUT2D eigenvalue weighted by atomic mass is 16.1. The van der Waals surface area contributed by atoms with Crippen LogP contribution >= 0.6 is 0 Å². The number of rotatable bonds is 3. The molecule has 19 heavy (non-hydrogen) atoms. The highest BCUT2D eigenvalue weighted by Gasteiger charge is 2.23. The van der Waals surface area contributed by atoms with Gasteiger partial charge in [-0.05, 0) is 38.5 Å². The van der Waals surface area contributed by atoms with Gasteiger partial charge in [-0.2, -0.15) is 0 Å². The van der Waals surface area contributed by atoms with Crippen LogP contribution in [0, 0.1) is 0 Å². The number of likely N-dealkylation sites (tertiary alicyclic amines) is 1. The Morgan fingerprint density at radius 2 is 2.11 bits per heavy atom. The lowest BCUT2D eigenvalue weighted by Gasteiger charge is -2.20. The maximum atomic E-state index is 11.2. The zero-order valence-electron chi connectivity index (χ0n) is 11.4. The van der Waals surface area contributed by atoms with Gasteiger partial charge in [-0.25, -0.2) is 4.79 Å². The van der Waals surface area contributed by atoms with E-state index in [1.54, 1.807) is 0 Å². The fourth-order valence-corrected chi connectivity index (χ4v) is 2.73. The average Bonchev–Trinajstić information content (AvgIpc) is 2.94. The molecule has 1 aliphatic heterocycles. The molecule has 3 rings (SSSR count). The van der Waals surface area contributed by atoms with Crippen molar-refractivity contribution in [2.24, 2.45) is 0 Å². The monoisotopic (exact) mass is 260 g/mol. The Bertz CT molecular complexity index is 628. The van der Waals surface area contributed by atoms with Gasteiger partial charge in [0.2, 0.25) is 0 Å². The Balaban J connectivity index is 1.73. The molecular formula is C14H20N4O. The van der Waals surface area contributed by atoms with E-state index in [1.807, 2.05) is 18.2 Å². The number of aromatic nitrogens is 2. The summed E-state index contributed by atoms with van der Waals surface area (Å²) in [5, 5.41) is 3.55. The lowest BCUT2D eigenvalue weighted by Crippen LogP contribution is -2.31. The molecule has 5 heteroatoms. The molecule has 0 amide bonds. The number of nitrogens with zero attached hydrogens (tertiary/aromatic N) is 1. The van der Waals surface area contributed by atoms with Gasteiger partial charge in [-0.3, -0.25) is 4.90 Å². The van der Waals surface area contributed by atoms with E-state index >= 15 is 0 Å². The number of hydrogen-bond acceptors (Lipinski definition) is 3. The van der Waals surface area contributed by atoms with Crippen molar-refractivity contribution < 1.29 is 0 Å². The second-order valence-electron chi connectivity index (χ2n) is 5.56. The van der Waals surface area contributed by atoms with Crippen LogP contribution in [-0.4, -0.2) is 40.0 Å².